The summed E-state index contributed by atoms with van der Waals surface area (Å²) in [4.78, 5) is 41.9. The van der Waals surface area contributed by atoms with Gasteiger partial charge in [0.2, 0.25) is 5.91 Å². The number of hydrogen-bond acceptors (Lipinski definition) is 9. The summed E-state index contributed by atoms with van der Waals surface area (Å²) >= 11 is 0. The lowest BCUT2D eigenvalue weighted by atomic mass is 9.81. The molecule has 1 saturated carbocycles. The maximum atomic E-state index is 13.8. The second kappa shape index (κ2) is 22.0. The molecule has 6 atom stereocenters. The fourth-order valence-corrected chi connectivity index (χ4v) is 10.5. The lowest BCUT2D eigenvalue weighted by molar-refractivity contribution is -0.214. The number of hydrogen-bond donors (Lipinski definition) is 5. The highest BCUT2D eigenvalue weighted by molar-refractivity contribution is 5.88. The summed E-state index contributed by atoms with van der Waals surface area (Å²) < 4.78 is 12.8. The molecule has 4 unspecified atom stereocenters. The van der Waals surface area contributed by atoms with Crippen LogP contribution in [0.2, 0.25) is 0 Å². The molecule has 2 aromatic heterocycles. The smallest absolute Gasteiger partial charge is 0.407 e. The van der Waals surface area contributed by atoms with Crippen LogP contribution in [0, 0.1) is 11.8 Å². The Hall–Kier alpha value is -4.99. The highest BCUT2D eigenvalue weighted by Gasteiger charge is 2.41. The zero-order chi connectivity index (χ0) is 46.2. The SMILES string of the molecule is CC(C)C.CC[C@H](C)C(NC(=O)OC)C(=O)N1CCC[C@H]1Cn1[nH]c2cc(-c3ccc(-c4ccc(-c5cnc(C6CCCN6COCCN)[nH]5)cc4)c4c3C3CCC4C3)ccc21.COO.[HH].[HH].[HH].[HH]. The second-order valence-electron chi connectivity index (χ2n) is 18.9. The van der Waals surface area contributed by atoms with E-state index in [9.17, 15) is 9.59 Å². The third-order valence-electron chi connectivity index (χ3n) is 13.7. The summed E-state index contributed by atoms with van der Waals surface area (Å²) in [6.07, 6.45) is 10.0. The Bertz CT molecular complexity index is 2350. The Kier molecular flexibility index (Phi) is 16.2. The number of H-pyrrole nitrogens is 2. The van der Waals surface area contributed by atoms with Crippen molar-refractivity contribution in [2.75, 3.05) is 47.2 Å². The van der Waals surface area contributed by atoms with E-state index in [0.29, 0.717) is 44.8 Å². The van der Waals surface area contributed by atoms with Crippen molar-refractivity contribution >= 4 is 23.0 Å². The molecule has 14 heteroatoms. The first-order valence-corrected chi connectivity index (χ1v) is 23.8. The van der Waals surface area contributed by atoms with E-state index in [0.717, 1.165) is 72.7 Å². The largest absolute Gasteiger partial charge is 0.453 e. The normalized spacial score (nSPS) is 20.9. The second-order valence-corrected chi connectivity index (χ2v) is 18.9. The Balaban J connectivity index is 0.00000108. The van der Waals surface area contributed by atoms with Crippen LogP contribution in [-0.4, -0.2) is 106 Å². The number of nitrogens with one attached hydrogen (secondary N) is 3. The Morgan fingerprint density at radius 2 is 1.57 bits per heavy atom. The van der Waals surface area contributed by atoms with Crippen molar-refractivity contribution < 1.29 is 34.9 Å². The first-order chi connectivity index (χ1) is 31.5. The summed E-state index contributed by atoms with van der Waals surface area (Å²) in [7, 11) is 2.52. The molecule has 0 radical (unpaired) electrons. The van der Waals surface area contributed by atoms with E-state index in [1.807, 2.05) is 24.9 Å². The lowest BCUT2D eigenvalue weighted by Gasteiger charge is -2.32. The molecule has 9 rings (SSSR count). The predicted molar refractivity (Wildman–Crippen MR) is 265 cm³/mol. The topological polar surface area (TPSA) is 176 Å². The van der Waals surface area contributed by atoms with Gasteiger partial charge >= 0.3 is 6.09 Å². The maximum absolute atomic E-state index is 13.8. The van der Waals surface area contributed by atoms with E-state index < -0.39 is 12.1 Å². The molecule has 3 aromatic carbocycles. The molecular formula is C51H80N8O6. The van der Waals surface area contributed by atoms with Crippen LogP contribution in [0.15, 0.2) is 60.8 Å². The van der Waals surface area contributed by atoms with Crippen molar-refractivity contribution in [1.29, 1.82) is 0 Å². The summed E-state index contributed by atoms with van der Waals surface area (Å²) in [5.74, 6) is 3.02. The van der Waals surface area contributed by atoms with Gasteiger partial charge in [-0.2, -0.15) is 0 Å². The van der Waals surface area contributed by atoms with Crippen LogP contribution in [0.4, 0.5) is 4.79 Å². The van der Waals surface area contributed by atoms with Gasteiger partial charge in [0.15, 0.2) is 0 Å². The van der Waals surface area contributed by atoms with Crippen LogP contribution >= 0.6 is 0 Å². The number of benzene rings is 3. The van der Waals surface area contributed by atoms with E-state index >= 15 is 0 Å². The van der Waals surface area contributed by atoms with Crippen LogP contribution in [0.3, 0.4) is 0 Å². The van der Waals surface area contributed by atoms with Crippen molar-refractivity contribution in [3.8, 4) is 33.5 Å². The number of fused-ring (bicyclic) bond motifs is 6. The molecule has 0 spiro atoms. The van der Waals surface area contributed by atoms with Gasteiger partial charge in [-0.15, -0.1) is 0 Å². The van der Waals surface area contributed by atoms with Crippen molar-refractivity contribution in [2.24, 2.45) is 17.6 Å². The van der Waals surface area contributed by atoms with E-state index in [1.165, 1.54) is 55.7 Å². The fraction of sp³-hybridized carbons (Fsp3) is 0.549. The van der Waals surface area contributed by atoms with Crippen molar-refractivity contribution in [3.63, 3.8) is 0 Å². The zero-order valence-corrected chi connectivity index (χ0v) is 39.6. The monoisotopic (exact) mass is 901 g/mol. The lowest BCUT2D eigenvalue weighted by Crippen LogP contribution is -2.53. The van der Waals surface area contributed by atoms with E-state index in [2.05, 4.69) is 105 Å². The van der Waals surface area contributed by atoms with Gasteiger partial charge in [-0.1, -0.05) is 83.5 Å². The number of nitrogens with two attached hydrogens (primary N) is 1. The van der Waals surface area contributed by atoms with Gasteiger partial charge in [-0.25, -0.2) is 14.7 Å². The number of aromatic amines is 2. The molecule has 3 fully saturated rings. The molecule has 5 aromatic rings. The first kappa shape index (κ1) is 48.0. The summed E-state index contributed by atoms with van der Waals surface area (Å²) in [5, 5.41) is 13.5. The number of ether oxygens (including phenoxy) is 2. The average Bonchev–Trinajstić information content (AvgIpc) is 4.17. The number of likely N-dealkylation sites (tertiary alicyclic amines) is 2. The van der Waals surface area contributed by atoms with E-state index in [-0.39, 0.29) is 29.6 Å². The molecule has 360 valence electrons. The summed E-state index contributed by atoms with van der Waals surface area (Å²) in [6.45, 7) is 14.6. The number of nitrogens with zero attached hydrogens (tertiary/aromatic N) is 4. The van der Waals surface area contributed by atoms with Crippen LogP contribution < -0.4 is 11.1 Å². The molecule has 2 aliphatic carbocycles. The van der Waals surface area contributed by atoms with Crippen molar-refractivity contribution in [2.45, 2.75) is 122 Å². The third-order valence-corrected chi connectivity index (χ3v) is 13.7. The van der Waals surface area contributed by atoms with Crippen LogP contribution in [0.5, 0.6) is 0 Å². The van der Waals surface area contributed by atoms with Gasteiger partial charge in [0, 0.05) is 25.3 Å². The number of carbonyl (C=O) groups excluding carboxylic acids is 2. The molecule has 14 nitrogen and oxygen atoms in total. The first-order valence-electron chi connectivity index (χ1n) is 23.8. The van der Waals surface area contributed by atoms with E-state index in [4.69, 9.17) is 25.4 Å². The number of rotatable bonds is 14. The van der Waals surface area contributed by atoms with Gasteiger partial charge in [0.05, 0.1) is 69.1 Å². The van der Waals surface area contributed by atoms with Gasteiger partial charge < -0.3 is 30.4 Å². The average molecular weight is 901 g/mol. The zero-order valence-electron chi connectivity index (χ0n) is 39.6. The van der Waals surface area contributed by atoms with Gasteiger partial charge in [-0.3, -0.25) is 24.7 Å². The number of carbonyl (C=O) groups is 2. The molecule has 6 N–H and O–H groups in total. The quantitative estimate of drug-likeness (QED) is 0.0412. The minimum absolute atomic E-state index is 0. The fourth-order valence-electron chi connectivity index (χ4n) is 10.5. The number of imidazole rings is 1. The molecule has 2 bridgehead atoms. The summed E-state index contributed by atoms with van der Waals surface area (Å²) in [5.41, 5.74) is 18.4. The Morgan fingerprint density at radius 3 is 2.22 bits per heavy atom. The number of aromatic nitrogens is 4. The molecule has 2 amide bonds. The molecular weight excluding hydrogens is 821 g/mol. The highest BCUT2D eigenvalue weighted by atomic mass is 17.1. The highest BCUT2D eigenvalue weighted by Crippen LogP contribution is 2.58. The van der Waals surface area contributed by atoms with Gasteiger partial charge in [0.1, 0.15) is 11.9 Å². The van der Waals surface area contributed by atoms with Crippen molar-refractivity contribution in [3.05, 3.63) is 77.7 Å². The minimum Gasteiger partial charge on any atom is -0.453 e. The van der Waals surface area contributed by atoms with Crippen LogP contribution in [0.25, 0.3) is 44.5 Å². The number of alkyl carbamates (subject to hydrolysis) is 1. The predicted octanol–water partition coefficient (Wildman–Crippen LogP) is 10.6. The standard InChI is InChI=1S/C46H58N8O4.C4H10.CH4O2.4H2/c1-4-28(2)43(50-46(56)57-3)45(55)53-21-5-7-34(53)26-54-39-18-15-31(24-37(39)51-54)36-17-16-35(41-32-13-14-33(23-32)42(36)41)29-9-11-30(12-10-29)38-25-48-44(49-38)40-8-6-20-52(40)27-58-22-19-47;1-4(2)3;1-3-2;;;;/h9-12,15-18,24-25,28,32-34,40,43,51H,4-8,13-14,19-23,26-27,47H2,1-3H3,(H,48,49)(H,50,56);4H,1-3H3;2H,1H3;4*1H/t28-,32?,33?,34-,40?,43?;;;;;;/m0....../s1. The van der Waals surface area contributed by atoms with Crippen molar-refractivity contribution in [1.82, 2.24) is 34.9 Å². The Morgan fingerprint density at radius 1 is 0.923 bits per heavy atom. The summed E-state index contributed by atoms with van der Waals surface area (Å²) in [6, 6.07) is 20.2. The van der Waals surface area contributed by atoms with E-state index in [1.54, 1.807) is 11.1 Å². The van der Waals surface area contributed by atoms with Gasteiger partial charge in [0.25, 0.3) is 0 Å². The number of amides is 2. The number of methoxy groups -OCH3 is 1. The Labute approximate surface area is 390 Å². The van der Waals surface area contributed by atoms with Crippen LogP contribution in [-0.2, 0) is 25.7 Å². The minimum atomic E-state index is -0.600. The van der Waals surface area contributed by atoms with Crippen LogP contribution in [0.1, 0.15) is 127 Å². The van der Waals surface area contributed by atoms with Gasteiger partial charge in [-0.05, 0) is 120 Å². The molecule has 2 aliphatic heterocycles. The molecule has 4 aliphatic rings. The molecule has 65 heavy (non-hydrogen) atoms. The maximum Gasteiger partial charge on any atom is 0.407 e. The third kappa shape index (κ3) is 10.7. The molecule has 4 heterocycles. The molecule has 2 saturated heterocycles.